The van der Waals surface area contributed by atoms with Crippen LogP contribution in [0.2, 0.25) is 0 Å². The smallest absolute Gasteiger partial charge is 0.0794 e. The van der Waals surface area contributed by atoms with Gasteiger partial charge < -0.3 is 10.0 Å². The van der Waals surface area contributed by atoms with E-state index >= 15 is 0 Å². The molecule has 3 heterocycles. The Hall–Kier alpha value is -1.40. The van der Waals surface area contributed by atoms with Gasteiger partial charge in [-0.3, -0.25) is 9.80 Å². The predicted molar refractivity (Wildman–Crippen MR) is 109 cm³/mol. The van der Waals surface area contributed by atoms with Crippen LogP contribution in [-0.2, 0) is 0 Å². The summed E-state index contributed by atoms with van der Waals surface area (Å²) in [6.07, 6.45) is 2.20. The fourth-order valence-corrected chi connectivity index (χ4v) is 5.20. The van der Waals surface area contributed by atoms with Gasteiger partial charge in [0.25, 0.3) is 0 Å². The summed E-state index contributed by atoms with van der Waals surface area (Å²) in [5, 5.41) is 12.8. The van der Waals surface area contributed by atoms with Crippen LogP contribution < -0.4 is 4.90 Å². The normalized spacial score (nSPS) is 23.4. The van der Waals surface area contributed by atoms with Crippen LogP contribution in [0.15, 0.2) is 47.8 Å². The second-order valence-electron chi connectivity index (χ2n) is 7.45. The third-order valence-electron chi connectivity index (χ3n) is 5.64. The molecule has 1 aromatic carbocycles. The lowest BCUT2D eigenvalue weighted by atomic mass is 10.1. The van der Waals surface area contributed by atoms with E-state index in [1.807, 2.05) is 11.3 Å². The highest BCUT2D eigenvalue weighted by molar-refractivity contribution is 7.10. The second kappa shape index (κ2) is 8.53. The Labute approximate surface area is 160 Å². The maximum atomic E-state index is 10.7. The highest BCUT2D eigenvalue weighted by atomic mass is 32.1. The van der Waals surface area contributed by atoms with Crippen LogP contribution in [-0.4, -0.2) is 66.8 Å². The summed E-state index contributed by atoms with van der Waals surface area (Å²) >= 11 is 1.85. The second-order valence-corrected chi connectivity index (χ2v) is 8.42. The lowest BCUT2D eigenvalue weighted by molar-refractivity contribution is 0.0678. The Morgan fingerprint density at radius 3 is 2.50 bits per heavy atom. The van der Waals surface area contributed by atoms with Crippen LogP contribution in [0.1, 0.15) is 23.8 Å². The number of rotatable bonds is 6. The van der Waals surface area contributed by atoms with Gasteiger partial charge >= 0.3 is 0 Å². The lowest BCUT2D eigenvalue weighted by Gasteiger charge is -2.37. The molecule has 2 saturated heterocycles. The molecule has 0 spiro atoms. The molecule has 1 N–H and O–H groups in total. The standard InChI is InChI=1S/C21H29N3OS/c25-19(17-24-10-4-8-20(24)21-9-5-15-26-21)16-22-11-13-23(14-12-22)18-6-2-1-3-7-18/h1-3,5-7,9,15,19-20,25H,4,8,10-14,16-17H2/t19-,20-/m1/s1. The largest absolute Gasteiger partial charge is 0.390 e. The van der Waals surface area contributed by atoms with Crippen molar-refractivity contribution in [1.29, 1.82) is 0 Å². The van der Waals surface area contributed by atoms with Gasteiger partial charge in [0.2, 0.25) is 0 Å². The number of β-amino-alcohol motifs (C(OH)–C–C–N with tert-alkyl or cyclic N) is 1. The number of piperazine rings is 1. The zero-order valence-corrected chi connectivity index (χ0v) is 16.2. The van der Waals surface area contributed by atoms with E-state index in [9.17, 15) is 5.11 Å². The fraction of sp³-hybridized carbons (Fsp3) is 0.524. The number of aliphatic hydroxyl groups excluding tert-OH is 1. The maximum absolute atomic E-state index is 10.7. The van der Waals surface area contributed by atoms with Gasteiger partial charge in [0, 0.05) is 55.9 Å². The molecule has 0 saturated carbocycles. The quantitative estimate of drug-likeness (QED) is 0.845. The average molecular weight is 372 g/mol. The molecule has 26 heavy (non-hydrogen) atoms. The Bertz CT molecular complexity index is 655. The molecule has 0 radical (unpaired) electrons. The predicted octanol–water partition coefficient (Wildman–Crippen LogP) is 3.07. The molecule has 2 fully saturated rings. The van der Waals surface area contributed by atoms with Crippen molar-refractivity contribution >= 4 is 17.0 Å². The molecule has 2 aromatic rings. The van der Waals surface area contributed by atoms with Crippen molar-refractivity contribution in [3.63, 3.8) is 0 Å². The Balaban J connectivity index is 1.25. The molecule has 2 aliphatic rings. The monoisotopic (exact) mass is 371 g/mol. The van der Waals surface area contributed by atoms with Gasteiger partial charge in [0.05, 0.1) is 6.10 Å². The molecule has 5 heteroatoms. The summed E-state index contributed by atoms with van der Waals surface area (Å²) in [5.41, 5.74) is 1.31. The molecule has 4 nitrogen and oxygen atoms in total. The van der Waals surface area contributed by atoms with E-state index in [2.05, 4.69) is 62.5 Å². The van der Waals surface area contributed by atoms with Crippen LogP contribution in [0.4, 0.5) is 5.69 Å². The third-order valence-corrected chi connectivity index (χ3v) is 6.62. The number of thiophene rings is 1. The van der Waals surface area contributed by atoms with Crippen molar-refractivity contribution in [2.45, 2.75) is 25.0 Å². The van der Waals surface area contributed by atoms with Crippen LogP contribution in [0, 0.1) is 0 Å². The SMILES string of the molecule is O[C@H](CN1CCN(c2ccccc2)CC1)CN1CCC[C@@H]1c1cccs1. The minimum Gasteiger partial charge on any atom is -0.390 e. The van der Waals surface area contributed by atoms with Gasteiger partial charge in [-0.25, -0.2) is 0 Å². The highest BCUT2D eigenvalue weighted by Crippen LogP contribution is 2.34. The first-order valence-electron chi connectivity index (χ1n) is 9.77. The highest BCUT2D eigenvalue weighted by Gasteiger charge is 2.29. The molecule has 1 aromatic heterocycles. The van der Waals surface area contributed by atoms with Gasteiger partial charge in [0.1, 0.15) is 0 Å². The molecule has 0 amide bonds. The summed E-state index contributed by atoms with van der Waals surface area (Å²) in [4.78, 5) is 8.79. The van der Waals surface area contributed by atoms with E-state index in [0.717, 1.165) is 45.8 Å². The summed E-state index contributed by atoms with van der Waals surface area (Å²) in [5.74, 6) is 0. The van der Waals surface area contributed by atoms with Gasteiger partial charge in [-0.15, -0.1) is 11.3 Å². The first-order valence-corrected chi connectivity index (χ1v) is 10.7. The maximum Gasteiger partial charge on any atom is 0.0794 e. The summed E-state index contributed by atoms with van der Waals surface area (Å²) in [6, 6.07) is 15.5. The van der Waals surface area contributed by atoms with Crippen molar-refractivity contribution < 1.29 is 5.11 Å². The summed E-state index contributed by atoms with van der Waals surface area (Å²) in [6.45, 7) is 6.83. The Morgan fingerprint density at radius 2 is 1.77 bits per heavy atom. The van der Waals surface area contributed by atoms with E-state index in [4.69, 9.17) is 0 Å². The van der Waals surface area contributed by atoms with Gasteiger partial charge in [-0.05, 0) is 43.0 Å². The molecular formula is C21H29N3OS. The molecular weight excluding hydrogens is 342 g/mol. The van der Waals surface area contributed by atoms with Crippen molar-refractivity contribution in [2.75, 3.05) is 50.7 Å². The number of aliphatic hydroxyl groups is 1. The van der Waals surface area contributed by atoms with E-state index < -0.39 is 0 Å². The van der Waals surface area contributed by atoms with Crippen LogP contribution in [0.25, 0.3) is 0 Å². The topological polar surface area (TPSA) is 30.0 Å². The number of nitrogens with zero attached hydrogens (tertiary/aromatic N) is 3. The molecule has 2 atom stereocenters. The van der Waals surface area contributed by atoms with Gasteiger partial charge in [-0.1, -0.05) is 24.3 Å². The number of hydrogen-bond donors (Lipinski definition) is 1. The van der Waals surface area contributed by atoms with Crippen molar-refractivity contribution in [3.8, 4) is 0 Å². The van der Waals surface area contributed by atoms with Crippen LogP contribution >= 0.6 is 11.3 Å². The first kappa shape index (κ1) is 18.0. The molecule has 140 valence electrons. The Morgan fingerprint density at radius 1 is 0.962 bits per heavy atom. The molecule has 0 aliphatic carbocycles. The van der Waals surface area contributed by atoms with Crippen LogP contribution in [0.3, 0.4) is 0 Å². The number of para-hydroxylation sites is 1. The van der Waals surface area contributed by atoms with Gasteiger partial charge in [0.15, 0.2) is 0 Å². The molecule has 0 unspecified atom stereocenters. The minimum atomic E-state index is -0.265. The minimum absolute atomic E-state index is 0.265. The Kier molecular flexibility index (Phi) is 5.90. The third kappa shape index (κ3) is 4.29. The first-order chi connectivity index (χ1) is 12.8. The van der Waals surface area contributed by atoms with E-state index in [0.29, 0.717) is 6.04 Å². The van der Waals surface area contributed by atoms with Crippen molar-refractivity contribution in [2.24, 2.45) is 0 Å². The fourth-order valence-electron chi connectivity index (χ4n) is 4.30. The lowest BCUT2D eigenvalue weighted by Crippen LogP contribution is -2.50. The van der Waals surface area contributed by atoms with E-state index in [-0.39, 0.29) is 6.10 Å². The summed E-state index contributed by atoms with van der Waals surface area (Å²) < 4.78 is 0. The van der Waals surface area contributed by atoms with Gasteiger partial charge in [-0.2, -0.15) is 0 Å². The molecule has 4 rings (SSSR count). The van der Waals surface area contributed by atoms with Crippen molar-refractivity contribution in [1.82, 2.24) is 9.80 Å². The van der Waals surface area contributed by atoms with E-state index in [1.165, 1.54) is 23.4 Å². The molecule has 2 aliphatic heterocycles. The number of anilines is 1. The van der Waals surface area contributed by atoms with Crippen LogP contribution in [0.5, 0.6) is 0 Å². The molecule has 0 bridgehead atoms. The number of hydrogen-bond acceptors (Lipinski definition) is 5. The van der Waals surface area contributed by atoms with Crippen molar-refractivity contribution in [3.05, 3.63) is 52.7 Å². The summed E-state index contributed by atoms with van der Waals surface area (Å²) in [7, 11) is 0. The van der Waals surface area contributed by atoms with E-state index in [1.54, 1.807) is 0 Å². The zero-order chi connectivity index (χ0) is 17.8. The number of likely N-dealkylation sites (tertiary alicyclic amines) is 1. The number of benzene rings is 1. The average Bonchev–Trinajstić information content (AvgIpc) is 3.34. The zero-order valence-electron chi connectivity index (χ0n) is 15.3.